The smallest absolute Gasteiger partial charge is 0.355 e. The van der Waals surface area contributed by atoms with E-state index in [-0.39, 0.29) is 40.4 Å². The van der Waals surface area contributed by atoms with Gasteiger partial charge in [-0.15, -0.1) is 0 Å². The summed E-state index contributed by atoms with van der Waals surface area (Å²) in [7, 11) is 0. The third-order valence-electron chi connectivity index (χ3n) is 8.12. The zero-order valence-electron chi connectivity index (χ0n) is 24.1. The Morgan fingerprint density at radius 3 is 2.72 bits per heavy atom. The van der Waals surface area contributed by atoms with E-state index in [4.69, 9.17) is 0 Å². The van der Waals surface area contributed by atoms with Crippen LogP contribution in [0.5, 0.6) is 5.75 Å². The molecule has 2 aliphatic heterocycles. The van der Waals surface area contributed by atoms with Crippen LogP contribution in [0, 0.1) is 18.6 Å². The van der Waals surface area contributed by atoms with E-state index in [9.17, 15) is 14.7 Å². The summed E-state index contributed by atoms with van der Waals surface area (Å²) in [6, 6.07) is 5.20. The molecule has 43 heavy (non-hydrogen) atoms. The lowest BCUT2D eigenvalue weighted by atomic mass is 10.0. The van der Waals surface area contributed by atoms with Gasteiger partial charge in [-0.3, -0.25) is 9.78 Å². The molecule has 1 amide bonds. The van der Waals surface area contributed by atoms with Crippen molar-refractivity contribution in [3.8, 4) is 22.7 Å². The molecule has 0 spiro atoms. The number of phenols is 1. The number of hydrogen-bond acceptors (Lipinski definition) is 8. The molecule has 1 saturated heterocycles. The lowest BCUT2D eigenvalue weighted by Crippen LogP contribution is -2.56. The zero-order chi connectivity index (χ0) is 30.6. The number of phenolic OH excluding ortho intramolecular Hbond substituents is 1. The number of halogens is 2. The molecule has 1 fully saturated rings. The molecule has 1 unspecified atom stereocenters. The summed E-state index contributed by atoms with van der Waals surface area (Å²) in [4.78, 5) is 43.8. The topological polar surface area (TPSA) is 116 Å². The Labute approximate surface area is 246 Å². The molecule has 10 nitrogen and oxygen atoms in total. The third-order valence-corrected chi connectivity index (χ3v) is 8.12. The molecule has 0 bridgehead atoms. The highest BCUT2D eigenvalue weighted by atomic mass is 19.1. The second-order valence-electron chi connectivity index (χ2n) is 11.1. The maximum Gasteiger partial charge on any atom is 0.355 e. The van der Waals surface area contributed by atoms with Crippen LogP contribution in [-0.4, -0.2) is 67.7 Å². The molecule has 1 atom stereocenters. The number of carbonyl (C=O) groups excluding carboxylic acids is 1. The van der Waals surface area contributed by atoms with Crippen LogP contribution in [-0.2, 0) is 4.79 Å². The Kier molecular flexibility index (Phi) is 7.07. The molecule has 0 radical (unpaired) electrons. The van der Waals surface area contributed by atoms with Gasteiger partial charge in [0, 0.05) is 38.4 Å². The van der Waals surface area contributed by atoms with Crippen molar-refractivity contribution < 1.29 is 18.7 Å². The monoisotopic (exact) mass is 587 g/mol. The van der Waals surface area contributed by atoms with E-state index in [1.54, 1.807) is 17.2 Å². The van der Waals surface area contributed by atoms with Crippen molar-refractivity contribution >= 4 is 28.4 Å². The van der Waals surface area contributed by atoms with Gasteiger partial charge >= 0.3 is 5.69 Å². The number of aromatic nitrogens is 4. The molecule has 3 aromatic heterocycles. The number of fused-ring (bicyclic) bond motifs is 2. The second kappa shape index (κ2) is 10.8. The van der Waals surface area contributed by atoms with Crippen molar-refractivity contribution in [2.75, 3.05) is 36.4 Å². The van der Waals surface area contributed by atoms with Gasteiger partial charge in [0.2, 0.25) is 5.91 Å². The van der Waals surface area contributed by atoms with Crippen molar-refractivity contribution in [3.05, 3.63) is 76.5 Å². The number of aryl methyl sites for hydroxylation is 1. The summed E-state index contributed by atoms with van der Waals surface area (Å²) in [5.41, 5.74) is 0.287. The number of carbonyl (C=O) groups is 1. The van der Waals surface area contributed by atoms with Crippen molar-refractivity contribution in [1.82, 2.24) is 24.4 Å². The highest BCUT2D eigenvalue weighted by molar-refractivity contribution is 6.02. The van der Waals surface area contributed by atoms with Crippen LogP contribution in [0.1, 0.15) is 37.4 Å². The largest absolute Gasteiger partial charge is 0.507 e. The number of benzene rings is 1. The van der Waals surface area contributed by atoms with Crippen LogP contribution < -0.4 is 15.9 Å². The van der Waals surface area contributed by atoms with Gasteiger partial charge in [0.05, 0.1) is 28.0 Å². The number of nitrogens with zero attached hydrogens (tertiary/aromatic N) is 6. The van der Waals surface area contributed by atoms with Crippen LogP contribution >= 0.6 is 0 Å². The maximum atomic E-state index is 16.5. The predicted octanol–water partition coefficient (Wildman–Crippen LogP) is 4.28. The van der Waals surface area contributed by atoms with E-state index < -0.39 is 34.3 Å². The van der Waals surface area contributed by atoms with E-state index >= 15 is 8.78 Å². The fraction of sp³-hybridized carbons (Fsp3) is 0.323. The third kappa shape index (κ3) is 4.57. The number of amides is 1. The Morgan fingerprint density at radius 1 is 1.21 bits per heavy atom. The standard InChI is InChI=1S/C31H31F2N7O3/c1-5-21(42)38-13-14-39-18(15-38)10-12-35-26-23-29(39)37-31(43)40(28-17(4)9-11-34-25(28)16(2)3)30(23)36-27(24(26)33)22-19(32)7-6-8-20(22)41/h5-9,11,16,18,35,41H,1,10,12-15H2,2-4H3. The molecular formula is C31H31F2N7O3. The number of hydrogen-bond donors (Lipinski definition) is 2. The van der Waals surface area contributed by atoms with Gasteiger partial charge in [-0.05, 0) is 49.1 Å². The molecule has 222 valence electrons. The van der Waals surface area contributed by atoms with Gasteiger partial charge in [0.1, 0.15) is 23.1 Å². The zero-order valence-corrected chi connectivity index (χ0v) is 24.1. The summed E-state index contributed by atoms with van der Waals surface area (Å²) >= 11 is 0. The minimum absolute atomic E-state index is 0.00501. The van der Waals surface area contributed by atoms with Crippen LogP contribution in [0.15, 0.2) is 47.9 Å². The number of nitrogens with one attached hydrogen (secondary N) is 1. The quantitative estimate of drug-likeness (QED) is 0.340. The molecule has 12 heteroatoms. The first-order valence-electron chi connectivity index (χ1n) is 14.1. The van der Waals surface area contributed by atoms with Crippen LogP contribution in [0.2, 0.25) is 0 Å². The fourth-order valence-electron chi connectivity index (χ4n) is 6.06. The molecule has 6 rings (SSSR count). The number of rotatable bonds is 4. The van der Waals surface area contributed by atoms with Gasteiger partial charge in [0.15, 0.2) is 11.5 Å². The van der Waals surface area contributed by atoms with E-state index in [0.717, 1.165) is 6.07 Å². The Morgan fingerprint density at radius 2 is 2.00 bits per heavy atom. The van der Waals surface area contributed by atoms with Crippen molar-refractivity contribution in [2.45, 2.75) is 39.2 Å². The average Bonchev–Trinajstić information content (AvgIpc) is 2.97. The molecule has 5 heterocycles. The maximum absolute atomic E-state index is 16.5. The van der Waals surface area contributed by atoms with Gasteiger partial charge < -0.3 is 20.2 Å². The van der Waals surface area contributed by atoms with Gasteiger partial charge in [0.25, 0.3) is 0 Å². The summed E-state index contributed by atoms with van der Waals surface area (Å²) < 4.78 is 33.0. The van der Waals surface area contributed by atoms with Crippen LogP contribution in [0.3, 0.4) is 0 Å². The summed E-state index contributed by atoms with van der Waals surface area (Å²) in [5.74, 6) is -2.31. The van der Waals surface area contributed by atoms with Crippen molar-refractivity contribution in [1.29, 1.82) is 0 Å². The molecule has 2 aliphatic rings. The summed E-state index contributed by atoms with van der Waals surface area (Å²) in [6.45, 7) is 10.7. The molecule has 4 aromatic rings. The molecule has 0 saturated carbocycles. The van der Waals surface area contributed by atoms with Crippen LogP contribution in [0.25, 0.3) is 28.0 Å². The van der Waals surface area contributed by atoms with E-state index in [1.807, 2.05) is 25.7 Å². The molecular weight excluding hydrogens is 556 g/mol. The number of anilines is 2. The first-order valence-corrected chi connectivity index (χ1v) is 14.1. The minimum atomic E-state index is -0.882. The SMILES string of the molecule is C=CC(=O)N1CCN2c3nc(=O)n(-c4c(C)ccnc4C(C)C)c4nc(-c5c(O)cccc5F)c(F)c(c34)NCCC2C1. The van der Waals surface area contributed by atoms with E-state index in [1.165, 1.54) is 22.8 Å². The summed E-state index contributed by atoms with van der Waals surface area (Å²) in [6.07, 6.45) is 3.41. The normalized spacial score (nSPS) is 16.5. The highest BCUT2D eigenvalue weighted by Crippen LogP contribution is 2.42. The predicted molar refractivity (Wildman–Crippen MR) is 160 cm³/mol. The lowest BCUT2D eigenvalue weighted by Gasteiger charge is -2.43. The minimum Gasteiger partial charge on any atom is -0.507 e. The second-order valence-corrected chi connectivity index (χ2v) is 11.1. The number of aromatic hydroxyl groups is 1. The first kappa shape index (κ1) is 28.3. The van der Waals surface area contributed by atoms with E-state index in [0.29, 0.717) is 49.5 Å². The average molecular weight is 588 g/mol. The Hall–Kier alpha value is -4.87. The van der Waals surface area contributed by atoms with Gasteiger partial charge in [-0.2, -0.15) is 4.98 Å². The molecule has 1 aromatic carbocycles. The first-order chi connectivity index (χ1) is 20.6. The molecule has 0 aliphatic carbocycles. The van der Waals surface area contributed by atoms with E-state index in [2.05, 4.69) is 26.8 Å². The van der Waals surface area contributed by atoms with Crippen molar-refractivity contribution in [2.24, 2.45) is 0 Å². The van der Waals surface area contributed by atoms with Crippen LogP contribution in [0.4, 0.5) is 20.3 Å². The van der Waals surface area contributed by atoms with Gasteiger partial charge in [-0.1, -0.05) is 26.5 Å². The summed E-state index contributed by atoms with van der Waals surface area (Å²) in [5, 5.41) is 14.0. The number of piperazine rings is 1. The Balaban J connectivity index is 1.72. The Bertz CT molecular complexity index is 1840. The van der Waals surface area contributed by atoms with Crippen molar-refractivity contribution in [3.63, 3.8) is 0 Å². The molecule has 2 N–H and O–H groups in total. The highest BCUT2D eigenvalue weighted by Gasteiger charge is 2.36. The lowest BCUT2D eigenvalue weighted by molar-refractivity contribution is -0.126. The van der Waals surface area contributed by atoms with Gasteiger partial charge in [-0.25, -0.2) is 23.1 Å². The number of pyridine rings is 2. The fourth-order valence-corrected chi connectivity index (χ4v) is 6.06.